The van der Waals surface area contributed by atoms with Gasteiger partial charge < -0.3 is 20.5 Å². The number of carboxylic acid groups (broad SMARTS) is 2. The summed E-state index contributed by atoms with van der Waals surface area (Å²) >= 11 is 0. The van der Waals surface area contributed by atoms with Gasteiger partial charge in [0.25, 0.3) is 0 Å². The lowest BCUT2D eigenvalue weighted by Crippen LogP contribution is -2.44. The van der Waals surface area contributed by atoms with Crippen LogP contribution in [-0.4, -0.2) is 39.1 Å². The van der Waals surface area contributed by atoms with Gasteiger partial charge in [-0.05, 0) is 18.1 Å². The van der Waals surface area contributed by atoms with Gasteiger partial charge in [-0.1, -0.05) is 25.1 Å². The van der Waals surface area contributed by atoms with Crippen molar-refractivity contribution in [3.63, 3.8) is 0 Å². The van der Waals surface area contributed by atoms with E-state index in [1.807, 2.05) is 24.3 Å². The van der Waals surface area contributed by atoms with Gasteiger partial charge in [0.2, 0.25) is 5.91 Å². The van der Waals surface area contributed by atoms with Gasteiger partial charge in [-0.25, -0.2) is 4.79 Å². The van der Waals surface area contributed by atoms with Crippen LogP contribution in [0, 0.1) is 5.92 Å². The van der Waals surface area contributed by atoms with Crippen molar-refractivity contribution >= 4 is 28.7 Å². The molecule has 1 amide bonds. The fraction of sp³-hybridized carbons (Fsp3) is 0.353. The van der Waals surface area contributed by atoms with E-state index in [0.717, 1.165) is 16.5 Å². The van der Waals surface area contributed by atoms with E-state index in [4.69, 9.17) is 5.11 Å². The minimum Gasteiger partial charge on any atom is -0.481 e. The Morgan fingerprint density at radius 3 is 2.58 bits per heavy atom. The van der Waals surface area contributed by atoms with E-state index >= 15 is 0 Å². The van der Waals surface area contributed by atoms with Gasteiger partial charge in [-0.2, -0.15) is 0 Å². The van der Waals surface area contributed by atoms with Crippen molar-refractivity contribution < 1.29 is 24.6 Å². The zero-order chi connectivity index (χ0) is 17.7. The number of benzene rings is 1. The first-order chi connectivity index (χ1) is 11.4. The first kappa shape index (κ1) is 17.5. The van der Waals surface area contributed by atoms with Gasteiger partial charge >= 0.3 is 11.9 Å². The van der Waals surface area contributed by atoms with Crippen LogP contribution >= 0.6 is 0 Å². The molecular formula is C17H20N2O5. The Morgan fingerprint density at radius 2 is 1.92 bits per heavy atom. The third-order valence-electron chi connectivity index (χ3n) is 3.95. The van der Waals surface area contributed by atoms with Crippen LogP contribution in [0.2, 0.25) is 0 Å². The molecule has 0 bridgehead atoms. The van der Waals surface area contributed by atoms with E-state index in [-0.39, 0.29) is 19.3 Å². The van der Waals surface area contributed by atoms with Crippen LogP contribution in [0.15, 0.2) is 30.5 Å². The molecule has 24 heavy (non-hydrogen) atoms. The number of H-pyrrole nitrogens is 1. The number of hydrogen-bond donors (Lipinski definition) is 4. The van der Waals surface area contributed by atoms with Crippen LogP contribution in [0.4, 0.5) is 0 Å². The normalized spacial score (nSPS) is 13.4. The van der Waals surface area contributed by atoms with Crippen LogP contribution in [0.25, 0.3) is 10.9 Å². The van der Waals surface area contributed by atoms with E-state index < -0.39 is 29.8 Å². The molecule has 128 valence electrons. The summed E-state index contributed by atoms with van der Waals surface area (Å²) < 4.78 is 0. The number of carbonyl (C=O) groups excluding carboxylic acids is 1. The molecule has 1 aromatic carbocycles. The van der Waals surface area contributed by atoms with Gasteiger partial charge in [0, 0.05) is 35.9 Å². The Labute approximate surface area is 138 Å². The summed E-state index contributed by atoms with van der Waals surface area (Å²) in [5.41, 5.74) is 1.70. The fourth-order valence-electron chi connectivity index (χ4n) is 2.51. The van der Waals surface area contributed by atoms with Gasteiger partial charge in [-0.3, -0.25) is 9.59 Å². The number of fused-ring (bicyclic) bond motifs is 1. The van der Waals surface area contributed by atoms with Crippen LogP contribution in [0.5, 0.6) is 0 Å². The molecule has 1 aromatic heterocycles. The van der Waals surface area contributed by atoms with Crippen LogP contribution in [0.1, 0.15) is 25.3 Å². The summed E-state index contributed by atoms with van der Waals surface area (Å²) in [6.07, 6.45) is 1.92. The number of aliphatic carboxylic acids is 2. The van der Waals surface area contributed by atoms with E-state index in [1.165, 1.54) is 0 Å². The third kappa shape index (κ3) is 4.34. The Bertz CT molecular complexity index is 752. The van der Waals surface area contributed by atoms with Crippen molar-refractivity contribution in [2.45, 2.75) is 32.2 Å². The molecule has 0 aliphatic carbocycles. The summed E-state index contributed by atoms with van der Waals surface area (Å²) in [5.74, 6) is -3.13. The summed E-state index contributed by atoms with van der Waals surface area (Å²) in [7, 11) is 0. The summed E-state index contributed by atoms with van der Waals surface area (Å²) in [6, 6.07) is 6.45. The standard InChI is InChI=1S/C17H20N2O5/c1-10(6-7-15(20)21)16(22)19-14(17(23)24)8-11-9-18-13-5-3-2-4-12(11)13/h2-5,9-10,14,18H,6-8H2,1H3,(H,19,22)(H,20,21)(H,23,24)/t10?,14-/m0/s1. The molecule has 0 spiro atoms. The predicted molar refractivity (Wildman–Crippen MR) is 87.6 cm³/mol. The molecule has 7 heteroatoms. The number of carboxylic acids is 2. The number of aromatic amines is 1. The minimum absolute atomic E-state index is 0.130. The first-order valence-corrected chi connectivity index (χ1v) is 7.68. The quantitative estimate of drug-likeness (QED) is 0.587. The lowest BCUT2D eigenvalue weighted by atomic mass is 10.0. The zero-order valence-electron chi connectivity index (χ0n) is 13.3. The van der Waals surface area contributed by atoms with Gasteiger partial charge in [0.05, 0.1) is 0 Å². The van der Waals surface area contributed by atoms with Gasteiger partial charge in [-0.15, -0.1) is 0 Å². The van der Waals surface area contributed by atoms with E-state index in [9.17, 15) is 19.5 Å². The Kier molecular flexibility index (Phi) is 5.57. The van der Waals surface area contributed by atoms with E-state index in [0.29, 0.717) is 0 Å². The van der Waals surface area contributed by atoms with Crippen molar-refractivity contribution in [3.8, 4) is 0 Å². The largest absolute Gasteiger partial charge is 0.481 e. The highest BCUT2D eigenvalue weighted by Crippen LogP contribution is 2.19. The van der Waals surface area contributed by atoms with Crippen molar-refractivity contribution in [1.29, 1.82) is 0 Å². The molecule has 2 atom stereocenters. The number of carbonyl (C=O) groups is 3. The molecular weight excluding hydrogens is 312 g/mol. The molecule has 7 nitrogen and oxygen atoms in total. The summed E-state index contributed by atoms with van der Waals surface area (Å²) in [5, 5.41) is 21.4. The minimum atomic E-state index is -1.13. The molecule has 2 aromatic rings. The maximum absolute atomic E-state index is 12.1. The number of para-hydroxylation sites is 1. The molecule has 1 heterocycles. The van der Waals surface area contributed by atoms with Gasteiger partial charge in [0.1, 0.15) is 6.04 Å². The second-order valence-electron chi connectivity index (χ2n) is 5.80. The van der Waals surface area contributed by atoms with E-state index in [1.54, 1.807) is 13.1 Å². The Hall–Kier alpha value is -2.83. The summed E-state index contributed by atoms with van der Waals surface area (Å²) in [4.78, 5) is 37.2. The molecule has 0 aliphatic rings. The molecule has 0 radical (unpaired) electrons. The molecule has 0 saturated heterocycles. The van der Waals surface area contributed by atoms with Crippen molar-refractivity contribution in [1.82, 2.24) is 10.3 Å². The first-order valence-electron chi connectivity index (χ1n) is 7.68. The van der Waals surface area contributed by atoms with Crippen LogP contribution in [0.3, 0.4) is 0 Å². The smallest absolute Gasteiger partial charge is 0.326 e. The summed E-state index contributed by atoms with van der Waals surface area (Å²) in [6.45, 7) is 1.59. The average Bonchev–Trinajstić information content (AvgIpc) is 2.94. The lowest BCUT2D eigenvalue weighted by Gasteiger charge is -2.17. The molecule has 0 fully saturated rings. The second-order valence-corrected chi connectivity index (χ2v) is 5.80. The third-order valence-corrected chi connectivity index (χ3v) is 3.95. The highest BCUT2D eigenvalue weighted by atomic mass is 16.4. The van der Waals surface area contributed by atoms with Crippen molar-refractivity contribution in [3.05, 3.63) is 36.0 Å². The highest BCUT2D eigenvalue weighted by Gasteiger charge is 2.24. The second kappa shape index (κ2) is 7.63. The Morgan fingerprint density at radius 1 is 1.21 bits per heavy atom. The number of aromatic nitrogens is 1. The average molecular weight is 332 g/mol. The lowest BCUT2D eigenvalue weighted by molar-refractivity contribution is -0.143. The SMILES string of the molecule is CC(CCC(=O)O)C(=O)N[C@@H](Cc1c[nH]c2ccccc12)C(=O)O. The van der Waals surface area contributed by atoms with Crippen molar-refractivity contribution in [2.75, 3.05) is 0 Å². The number of nitrogens with one attached hydrogen (secondary N) is 2. The maximum atomic E-state index is 12.1. The fourth-order valence-corrected chi connectivity index (χ4v) is 2.51. The number of rotatable bonds is 8. The topological polar surface area (TPSA) is 119 Å². The van der Waals surface area contributed by atoms with E-state index in [2.05, 4.69) is 10.3 Å². The van der Waals surface area contributed by atoms with Crippen LogP contribution in [-0.2, 0) is 20.8 Å². The monoisotopic (exact) mass is 332 g/mol. The molecule has 0 saturated carbocycles. The predicted octanol–water partition coefficient (Wildman–Crippen LogP) is 1.78. The van der Waals surface area contributed by atoms with Gasteiger partial charge in [0.15, 0.2) is 0 Å². The number of hydrogen-bond acceptors (Lipinski definition) is 3. The molecule has 1 unspecified atom stereocenters. The molecule has 4 N–H and O–H groups in total. The number of amides is 1. The molecule has 2 rings (SSSR count). The van der Waals surface area contributed by atoms with Crippen molar-refractivity contribution in [2.24, 2.45) is 5.92 Å². The Balaban J connectivity index is 2.05. The molecule has 0 aliphatic heterocycles. The highest BCUT2D eigenvalue weighted by molar-refractivity contribution is 5.87. The van der Waals surface area contributed by atoms with Crippen LogP contribution < -0.4 is 5.32 Å². The zero-order valence-corrected chi connectivity index (χ0v) is 13.3. The maximum Gasteiger partial charge on any atom is 0.326 e.